The molecule has 1 aliphatic heterocycles. The van der Waals surface area contributed by atoms with Crippen molar-refractivity contribution in [2.24, 2.45) is 0 Å². The maximum atomic E-state index is 14.0. The molecule has 1 atom stereocenters. The van der Waals surface area contributed by atoms with E-state index in [9.17, 15) is 9.59 Å². The van der Waals surface area contributed by atoms with Gasteiger partial charge in [0.2, 0.25) is 5.91 Å². The number of para-hydroxylation sites is 1. The molecule has 0 spiro atoms. The summed E-state index contributed by atoms with van der Waals surface area (Å²) >= 11 is 6.47. The molecule has 0 fully saturated rings. The molecule has 9 heteroatoms. The highest BCUT2D eigenvalue weighted by Crippen LogP contribution is 2.33. The van der Waals surface area contributed by atoms with Crippen LogP contribution in [0.1, 0.15) is 28.5 Å². The second-order valence-corrected chi connectivity index (χ2v) is 9.96. The van der Waals surface area contributed by atoms with Crippen LogP contribution < -0.4 is 14.8 Å². The minimum atomic E-state index is -1.24. The third kappa shape index (κ3) is 5.07. The molecular weight excluding hydrogens is 516 g/mol. The lowest BCUT2D eigenvalue weighted by Gasteiger charge is -2.43. The van der Waals surface area contributed by atoms with Crippen molar-refractivity contribution < 1.29 is 19.1 Å². The third-order valence-corrected chi connectivity index (χ3v) is 7.46. The fourth-order valence-electron chi connectivity index (χ4n) is 4.80. The van der Waals surface area contributed by atoms with Crippen LogP contribution in [0.25, 0.3) is 11.3 Å². The summed E-state index contributed by atoms with van der Waals surface area (Å²) in [6.07, 6.45) is 0. The first-order valence-electron chi connectivity index (χ1n) is 12.5. The van der Waals surface area contributed by atoms with E-state index in [0.29, 0.717) is 22.2 Å². The van der Waals surface area contributed by atoms with Crippen LogP contribution in [-0.2, 0) is 24.4 Å². The monoisotopic (exact) mass is 544 g/mol. The molecule has 200 valence electrons. The molecule has 3 aromatic carbocycles. The Morgan fingerprint density at radius 1 is 1.00 bits per heavy atom. The van der Waals surface area contributed by atoms with Gasteiger partial charge in [-0.2, -0.15) is 5.10 Å². The number of carbonyl (C=O) groups excluding carboxylic acids is 2. The summed E-state index contributed by atoms with van der Waals surface area (Å²) in [5.41, 5.74) is 2.22. The predicted octanol–water partition coefficient (Wildman–Crippen LogP) is 4.95. The maximum Gasteiger partial charge on any atom is 0.273 e. The summed E-state index contributed by atoms with van der Waals surface area (Å²) in [6.45, 7) is 2.35. The number of amides is 2. The highest BCUT2D eigenvalue weighted by atomic mass is 35.5. The first-order chi connectivity index (χ1) is 18.8. The van der Waals surface area contributed by atoms with Crippen molar-refractivity contribution in [2.75, 3.05) is 14.2 Å². The molecule has 2 amide bonds. The van der Waals surface area contributed by atoms with E-state index in [1.807, 2.05) is 66.7 Å². The Bertz CT molecular complexity index is 1520. The maximum absolute atomic E-state index is 14.0. The van der Waals surface area contributed by atoms with E-state index in [1.54, 1.807) is 42.9 Å². The Morgan fingerprint density at radius 2 is 1.69 bits per heavy atom. The number of benzene rings is 3. The van der Waals surface area contributed by atoms with Crippen molar-refractivity contribution >= 4 is 23.4 Å². The van der Waals surface area contributed by atoms with E-state index in [0.717, 1.165) is 22.4 Å². The number of aromatic nitrogens is 2. The van der Waals surface area contributed by atoms with Crippen LogP contribution in [0.3, 0.4) is 0 Å². The van der Waals surface area contributed by atoms with Gasteiger partial charge in [-0.05, 0) is 55.0 Å². The van der Waals surface area contributed by atoms with Crippen LogP contribution in [0.15, 0.2) is 78.9 Å². The summed E-state index contributed by atoms with van der Waals surface area (Å²) in [5.74, 6) is 0.794. The van der Waals surface area contributed by atoms with Crippen molar-refractivity contribution in [1.82, 2.24) is 20.0 Å². The van der Waals surface area contributed by atoms with E-state index in [2.05, 4.69) is 5.32 Å². The zero-order valence-electron chi connectivity index (χ0n) is 22.0. The van der Waals surface area contributed by atoms with Gasteiger partial charge in [-0.25, -0.2) is 0 Å². The van der Waals surface area contributed by atoms with Crippen LogP contribution in [0.4, 0.5) is 0 Å². The topological polar surface area (TPSA) is 85.7 Å². The van der Waals surface area contributed by atoms with Gasteiger partial charge in [-0.3, -0.25) is 14.3 Å². The number of rotatable bonds is 8. The molecule has 0 bridgehead atoms. The Morgan fingerprint density at radius 3 is 2.38 bits per heavy atom. The molecule has 8 nitrogen and oxygen atoms in total. The standard InChI is InChI=1S/C30H29ClN4O4/c1-30(29(37)32-17-21-8-5-7-11-27(21)39-3)19-35-26(16-25(33-35)20-12-14-23(38-2)15-13-20)28(36)34(30)18-22-9-4-6-10-24(22)31/h4-16H,17-19H2,1-3H3,(H,32,37)/t30-/m0/s1. The second-order valence-electron chi connectivity index (χ2n) is 9.55. The number of hydrogen-bond acceptors (Lipinski definition) is 5. The molecule has 39 heavy (non-hydrogen) atoms. The molecule has 4 aromatic rings. The van der Waals surface area contributed by atoms with Gasteiger partial charge in [0.25, 0.3) is 5.91 Å². The Kier molecular flexibility index (Phi) is 7.30. The minimum absolute atomic E-state index is 0.167. The molecule has 5 rings (SSSR count). The molecule has 0 radical (unpaired) electrons. The predicted molar refractivity (Wildman–Crippen MR) is 149 cm³/mol. The number of methoxy groups -OCH3 is 2. The molecule has 1 N–H and O–H groups in total. The normalized spacial score (nSPS) is 16.5. The van der Waals surface area contributed by atoms with Crippen LogP contribution in [0, 0.1) is 0 Å². The van der Waals surface area contributed by atoms with Gasteiger partial charge in [0, 0.05) is 29.2 Å². The van der Waals surface area contributed by atoms with Crippen LogP contribution >= 0.6 is 11.6 Å². The lowest BCUT2D eigenvalue weighted by atomic mass is 9.94. The van der Waals surface area contributed by atoms with Gasteiger partial charge in [0.1, 0.15) is 22.7 Å². The van der Waals surface area contributed by atoms with Crippen LogP contribution in [0.2, 0.25) is 5.02 Å². The van der Waals surface area contributed by atoms with Gasteiger partial charge in [0.05, 0.1) is 26.5 Å². The van der Waals surface area contributed by atoms with Crippen molar-refractivity contribution in [1.29, 1.82) is 0 Å². The number of ether oxygens (including phenoxy) is 2. The SMILES string of the molecule is COc1ccc(-c2cc3n(n2)C[C@@](C)(C(=O)NCc2ccccc2OC)N(Cc2ccccc2Cl)C3=O)cc1. The molecule has 1 aromatic heterocycles. The average molecular weight is 545 g/mol. The molecular formula is C30H29ClN4O4. The van der Waals surface area contributed by atoms with Gasteiger partial charge in [0.15, 0.2) is 0 Å². The largest absolute Gasteiger partial charge is 0.497 e. The van der Waals surface area contributed by atoms with E-state index in [4.69, 9.17) is 26.2 Å². The second kappa shape index (κ2) is 10.8. The summed E-state index contributed by atoms with van der Waals surface area (Å²) < 4.78 is 12.3. The van der Waals surface area contributed by atoms with Crippen molar-refractivity contribution in [2.45, 2.75) is 32.1 Å². The first kappa shape index (κ1) is 26.3. The first-order valence-corrected chi connectivity index (χ1v) is 12.9. The highest BCUT2D eigenvalue weighted by molar-refractivity contribution is 6.31. The van der Waals surface area contributed by atoms with Gasteiger partial charge >= 0.3 is 0 Å². The fourth-order valence-corrected chi connectivity index (χ4v) is 5.00. The molecule has 0 aliphatic carbocycles. The van der Waals surface area contributed by atoms with E-state index >= 15 is 0 Å². The lowest BCUT2D eigenvalue weighted by molar-refractivity contribution is -0.133. The zero-order chi connectivity index (χ0) is 27.6. The Hall–Kier alpha value is -4.30. The molecule has 0 saturated carbocycles. The minimum Gasteiger partial charge on any atom is -0.497 e. The van der Waals surface area contributed by atoms with Gasteiger partial charge in [-0.15, -0.1) is 0 Å². The highest BCUT2D eigenvalue weighted by Gasteiger charge is 2.48. The summed E-state index contributed by atoms with van der Waals surface area (Å²) in [5, 5.41) is 8.26. The smallest absolute Gasteiger partial charge is 0.273 e. The summed E-state index contributed by atoms with van der Waals surface area (Å²) in [4.78, 5) is 29.4. The van der Waals surface area contributed by atoms with Crippen molar-refractivity contribution in [3.05, 3.63) is 101 Å². The van der Waals surface area contributed by atoms with Crippen molar-refractivity contribution in [3.8, 4) is 22.8 Å². The van der Waals surface area contributed by atoms with Gasteiger partial charge < -0.3 is 19.7 Å². The molecule has 0 saturated heterocycles. The summed E-state index contributed by atoms with van der Waals surface area (Å²) in [6, 6.07) is 24.0. The average Bonchev–Trinajstić information content (AvgIpc) is 3.39. The van der Waals surface area contributed by atoms with E-state index in [1.165, 1.54) is 0 Å². The molecule has 0 unspecified atom stereocenters. The summed E-state index contributed by atoms with van der Waals surface area (Å²) in [7, 11) is 3.20. The Labute approximate surface area is 232 Å². The van der Waals surface area contributed by atoms with Gasteiger partial charge in [-0.1, -0.05) is 48.0 Å². The zero-order valence-corrected chi connectivity index (χ0v) is 22.7. The molecule has 1 aliphatic rings. The van der Waals surface area contributed by atoms with Crippen LogP contribution in [-0.4, -0.2) is 46.3 Å². The number of fused-ring (bicyclic) bond motifs is 1. The quantitative estimate of drug-likeness (QED) is 0.339. The lowest BCUT2D eigenvalue weighted by Crippen LogP contribution is -2.63. The van der Waals surface area contributed by atoms with Crippen LogP contribution in [0.5, 0.6) is 11.5 Å². The third-order valence-electron chi connectivity index (χ3n) is 7.09. The number of hydrogen-bond donors (Lipinski definition) is 1. The van der Waals surface area contributed by atoms with Crippen molar-refractivity contribution in [3.63, 3.8) is 0 Å². The number of halogens is 1. The molecule has 2 heterocycles. The number of nitrogens with zero attached hydrogens (tertiary/aromatic N) is 3. The fraction of sp³-hybridized carbons (Fsp3) is 0.233. The van der Waals surface area contributed by atoms with E-state index in [-0.39, 0.29) is 31.4 Å². The number of nitrogens with one attached hydrogen (secondary N) is 1. The number of carbonyl (C=O) groups is 2. The van der Waals surface area contributed by atoms with E-state index < -0.39 is 5.54 Å². The Balaban J connectivity index is 1.50.